The monoisotopic (exact) mass is 442 g/mol. The van der Waals surface area contributed by atoms with E-state index in [1.165, 1.54) is 23.0 Å². The summed E-state index contributed by atoms with van der Waals surface area (Å²) < 4.78 is 0. The summed E-state index contributed by atoms with van der Waals surface area (Å²) in [5.41, 5.74) is 2.89. The van der Waals surface area contributed by atoms with Crippen LogP contribution in [0.25, 0.3) is 5.57 Å². The lowest BCUT2D eigenvalue weighted by Gasteiger charge is -2.16. The average molecular weight is 443 g/mol. The highest BCUT2D eigenvalue weighted by molar-refractivity contribution is 7.11. The number of benzene rings is 2. The number of hydrogen-bond donors (Lipinski definition) is 1. The molecule has 4 rings (SSSR count). The number of imide groups is 1. The lowest BCUT2D eigenvalue weighted by molar-refractivity contribution is -0.120. The first-order chi connectivity index (χ1) is 14.0. The first-order valence-corrected chi connectivity index (χ1v) is 10.6. The molecule has 0 unspecified atom stereocenters. The van der Waals surface area contributed by atoms with Gasteiger partial charge in [0.2, 0.25) is 0 Å². The Morgan fingerprint density at radius 1 is 0.966 bits per heavy atom. The topological polar surface area (TPSA) is 49.4 Å². The van der Waals surface area contributed by atoms with Crippen LogP contribution in [0.5, 0.6) is 0 Å². The highest BCUT2D eigenvalue weighted by atomic mass is 35.5. The first-order valence-electron chi connectivity index (χ1n) is 8.97. The summed E-state index contributed by atoms with van der Waals surface area (Å²) >= 11 is 13.5. The van der Waals surface area contributed by atoms with Crippen molar-refractivity contribution < 1.29 is 9.59 Å². The van der Waals surface area contributed by atoms with Crippen LogP contribution in [0.15, 0.2) is 65.7 Å². The van der Waals surface area contributed by atoms with Gasteiger partial charge in [0.1, 0.15) is 5.70 Å². The molecule has 3 aromatic rings. The summed E-state index contributed by atoms with van der Waals surface area (Å²) in [4.78, 5) is 28.4. The predicted molar refractivity (Wildman–Crippen MR) is 120 cm³/mol. The Hall–Kier alpha value is -2.60. The van der Waals surface area contributed by atoms with E-state index in [1.807, 2.05) is 41.8 Å². The summed E-state index contributed by atoms with van der Waals surface area (Å²) in [6.45, 7) is 2.08. The summed E-state index contributed by atoms with van der Waals surface area (Å²) in [5, 5.41) is 5.66. The minimum Gasteiger partial charge on any atom is -0.350 e. The molecule has 146 valence electrons. The molecule has 0 radical (unpaired) electrons. The van der Waals surface area contributed by atoms with E-state index in [1.54, 1.807) is 12.1 Å². The van der Waals surface area contributed by atoms with Crippen LogP contribution in [0.1, 0.15) is 17.4 Å². The molecule has 1 aliphatic rings. The summed E-state index contributed by atoms with van der Waals surface area (Å²) in [5.74, 6) is -0.833. The van der Waals surface area contributed by atoms with Crippen molar-refractivity contribution in [3.8, 4) is 0 Å². The number of anilines is 2. The molecule has 7 heteroatoms. The molecule has 2 aromatic carbocycles. The van der Waals surface area contributed by atoms with Crippen LogP contribution in [0.4, 0.5) is 11.4 Å². The van der Waals surface area contributed by atoms with Crippen molar-refractivity contribution in [3.05, 3.63) is 86.2 Å². The van der Waals surface area contributed by atoms with Crippen molar-refractivity contribution in [2.45, 2.75) is 13.3 Å². The molecule has 0 bridgehead atoms. The van der Waals surface area contributed by atoms with Crippen LogP contribution in [0.3, 0.4) is 0 Å². The number of hydrogen-bond acceptors (Lipinski definition) is 4. The van der Waals surface area contributed by atoms with Gasteiger partial charge >= 0.3 is 0 Å². The lowest BCUT2D eigenvalue weighted by atomic mass is 10.1. The highest BCUT2D eigenvalue weighted by Gasteiger charge is 2.40. The SMILES string of the molecule is CCc1ccc(NC2=C(c3cccs3)C(=O)N(c3ccc(Cl)c(Cl)c3)C2=O)cc1. The molecule has 1 N–H and O–H groups in total. The third-order valence-corrected chi connectivity index (χ3v) is 6.27. The molecule has 1 aromatic heterocycles. The number of rotatable bonds is 5. The normalized spacial score (nSPS) is 14.1. The van der Waals surface area contributed by atoms with Crippen LogP contribution < -0.4 is 10.2 Å². The van der Waals surface area contributed by atoms with E-state index in [4.69, 9.17) is 23.2 Å². The first kappa shape index (κ1) is 19.7. The van der Waals surface area contributed by atoms with Gasteiger partial charge < -0.3 is 5.32 Å². The van der Waals surface area contributed by atoms with E-state index in [2.05, 4.69) is 12.2 Å². The van der Waals surface area contributed by atoms with Gasteiger partial charge in [-0.15, -0.1) is 11.3 Å². The Morgan fingerprint density at radius 2 is 1.72 bits per heavy atom. The number of carbonyl (C=O) groups is 2. The van der Waals surface area contributed by atoms with Gasteiger partial charge in [0, 0.05) is 10.6 Å². The fraction of sp³-hybridized carbons (Fsp3) is 0.0909. The standard InChI is InChI=1S/C22H16Cl2N2O2S/c1-2-13-5-7-14(8-6-13)25-20-19(18-4-3-11-29-18)21(27)26(22(20)28)15-9-10-16(23)17(24)12-15/h3-12,25H,2H2,1H3. The molecule has 29 heavy (non-hydrogen) atoms. The molecule has 0 atom stereocenters. The second kappa shape index (κ2) is 8.03. The van der Waals surface area contributed by atoms with E-state index in [0.29, 0.717) is 16.3 Å². The summed E-state index contributed by atoms with van der Waals surface area (Å²) in [6.07, 6.45) is 0.923. The zero-order chi connectivity index (χ0) is 20.5. The van der Waals surface area contributed by atoms with Gasteiger partial charge in [0.25, 0.3) is 11.8 Å². The van der Waals surface area contributed by atoms with Crippen molar-refractivity contribution in [1.82, 2.24) is 0 Å². The molecular formula is C22H16Cl2N2O2S. The zero-order valence-electron chi connectivity index (χ0n) is 15.4. The number of thiophene rings is 1. The molecule has 0 aliphatic carbocycles. The highest BCUT2D eigenvalue weighted by Crippen LogP contribution is 2.37. The van der Waals surface area contributed by atoms with Crippen molar-refractivity contribution in [3.63, 3.8) is 0 Å². The number of amides is 2. The fourth-order valence-electron chi connectivity index (χ4n) is 3.12. The Balaban J connectivity index is 1.76. The number of carbonyl (C=O) groups excluding carboxylic acids is 2. The van der Waals surface area contributed by atoms with Crippen LogP contribution in [0.2, 0.25) is 10.0 Å². The van der Waals surface area contributed by atoms with Gasteiger partial charge in [-0.3, -0.25) is 9.59 Å². The molecule has 4 nitrogen and oxygen atoms in total. The van der Waals surface area contributed by atoms with Crippen LogP contribution in [-0.4, -0.2) is 11.8 Å². The Labute approximate surface area is 182 Å². The predicted octanol–water partition coefficient (Wildman–Crippen LogP) is 6.01. The fourth-order valence-corrected chi connectivity index (χ4v) is 4.18. The molecular weight excluding hydrogens is 427 g/mol. The summed E-state index contributed by atoms with van der Waals surface area (Å²) in [6, 6.07) is 16.1. The van der Waals surface area contributed by atoms with Gasteiger partial charge in [-0.1, -0.05) is 48.3 Å². The molecule has 0 saturated carbocycles. The molecule has 0 fully saturated rings. The van der Waals surface area contributed by atoms with Crippen LogP contribution >= 0.6 is 34.5 Å². The largest absolute Gasteiger partial charge is 0.350 e. The number of nitrogens with one attached hydrogen (secondary N) is 1. The third kappa shape index (κ3) is 3.69. The zero-order valence-corrected chi connectivity index (χ0v) is 17.7. The molecule has 2 amide bonds. The van der Waals surface area contributed by atoms with E-state index in [0.717, 1.165) is 21.9 Å². The van der Waals surface area contributed by atoms with Gasteiger partial charge in [-0.25, -0.2) is 4.90 Å². The van der Waals surface area contributed by atoms with E-state index in [-0.39, 0.29) is 10.7 Å². The van der Waals surface area contributed by atoms with Crippen LogP contribution in [0, 0.1) is 0 Å². The quantitative estimate of drug-likeness (QED) is 0.491. The van der Waals surface area contributed by atoms with Crippen molar-refractivity contribution in [2.24, 2.45) is 0 Å². The average Bonchev–Trinajstić information content (AvgIpc) is 3.32. The Morgan fingerprint density at radius 3 is 2.34 bits per heavy atom. The molecule has 0 spiro atoms. The second-order valence-electron chi connectivity index (χ2n) is 6.45. The maximum atomic E-state index is 13.3. The lowest BCUT2D eigenvalue weighted by Crippen LogP contribution is -2.32. The van der Waals surface area contributed by atoms with Gasteiger partial charge in [0.05, 0.1) is 21.3 Å². The van der Waals surface area contributed by atoms with E-state index >= 15 is 0 Å². The van der Waals surface area contributed by atoms with Crippen LogP contribution in [-0.2, 0) is 16.0 Å². The minimum absolute atomic E-state index is 0.243. The molecule has 1 aliphatic heterocycles. The maximum Gasteiger partial charge on any atom is 0.282 e. The second-order valence-corrected chi connectivity index (χ2v) is 8.21. The third-order valence-electron chi connectivity index (χ3n) is 4.64. The maximum absolute atomic E-state index is 13.3. The number of halogens is 2. The van der Waals surface area contributed by atoms with Crippen molar-refractivity contribution >= 4 is 63.3 Å². The van der Waals surface area contributed by atoms with Crippen molar-refractivity contribution in [1.29, 1.82) is 0 Å². The Kier molecular flexibility index (Phi) is 5.46. The number of aryl methyl sites for hydroxylation is 1. The number of nitrogens with zero attached hydrogens (tertiary/aromatic N) is 1. The molecule has 0 saturated heterocycles. The van der Waals surface area contributed by atoms with Crippen molar-refractivity contribution in [2.75, 3.05) is 10.2 Å². The smallest absolute Gasteiger partial charge is 0.282 e. The van der Waals surface area contributed by atoms with Gasteiger partial charge in [-0.05, 0) is 53.8 Å². The minimum atomic E-state index is -0.434. The summed E-state index contributed by atoms with van der Waals surface area (Å²) in [7, 11) is 0. The van der Waals surface area contributed by atoms with Gasteiger partial charge in [0.15, 0.2) is 0 Å². The van der Waals surface area contributed by atoms with E-state index in [9.17, 15) is 9.59 Å². The Bertz CT molecular complexity index is 1120. The molecule has 2 heterocycles. The van der Waals surface area contributed by atoms with Gasteiger partial charge in [-0.2, -0.15) is 0 Å². The van der Waals surface area contributed by atoms with E-state index < -0.39 is 11.8 Å².